The highest BCUT2D eigenvalue weighted by Crippen LogP contribution is 2.31. The molecule has 4 nitrogen and oxygen atoms in total. The van der Waals surface area contributed by atoms with Gasteiger partial charge in [-0.3, -0.25) is 0 Å². The molecule has 0 spiro atoms. The van der Waals surface area contributed by atoms with Crippen molar-refractivity contribution in [2.45, 2.75) is 32.2 Å². The number of hydrogen-bond donors (Lipinski definition) is 3. The number of carbonyl (C=O) groups excluding carboxylic acids is 1. The lowest BCUT2D eigenvalue weighted by molar-refractivity contribution is 0.240. The van der Waals surface area contributed by atoms with Gasteiger partial charge in [-0.15, -0.1) is 0 Å². The Hall–Kier alpha value is -0.770. The Kier molecular flexibility index (Phi) is 4.02. The number of carbonyl (C=O) groups is 1. The highest BCUT2D eigenvalue weighted by molar-refractivity contribution is 5.73. The molecule has 1 saturated carbocycles. The van der Waals surface area contributed by atoms with Crippen LogP contribution in [0.15, 0.2) is 0 Å². The van der Waals surface area contributed by atoms with Crippen LogP contribution < -0.4 is 16.4 Å². The van der Waals surface area contributed by atoms with Gasteiger partial charge in [-0.25, -0.2) is 4.79 Å². The Bertz CT molecular complexity index is 168. The van der Waals surface area contributed by atoms with Crippen molar-refractivity contribution in [3.63, 3.8) is 0 Å². The number of nitrogens with two attached hydrogens (primary N) is 1. The second-order valence-corrected chi connectivity index (χ2v) is 3.64. The van der Waals surface area contributed by atoms with E-state index in [0.29, 0.717) is 12.5 Å². The maximum absolute atomic E-state index is 11.1. The number of nitrogens with one attached hydrogen (secondary N) is 2. The molecule has 0 saturated heterocycles. The Morgan fingerprint density at radius 3 is 2.77 bits per heavy atom. The van der Waals surface area contributed by atoms with Gasteiger partial charge in [-0.2, -0.15) is 0 Å². The van der Waals surface area contributed by atoms with Crippen molar-refractivity contribution in [1.29, 1.82) is 0 Å². The monoisotopic (exact) mass is 185 g/mol. The average Bonchev–Trinajstić information content (AvgIpc) is 2.93. The Balaban J connectivity index is 2.00. The molecular weight excluding hydrogens is 166 g/mol. The van der Waals surface area contributed by atoms with Gasteiger partial charge in [-0.1, -0.05) is 6.92 Å². The molecule has 0 aromatic carbocycles. The van der Waals surface area contributed by atoms with Crippen molar-refractivity contribution in [1.82, 2.24) is 10.6 Å². The summed E-state index contributed by atoms with van der Waals surface area (Å²) in [6.07, 6.45) is 3.40. The van der Waals surface area contributed by atoms with Crippen molar-refractivity contribution in [3.05, 3.63) is 0 Å². The van der Waals surface area contributed by atoms with Crippen molar-refractivity contribution in [2.24, 2.45) is 11.7 Å². The van der Waals surface area contributed by atoms with E-state index < -0.39 is 0 Å². The average molecular weight is 185 g/mol. The molecule has 1 aliphatic carbocycles. The minimum atomic E-state index is -0.0991. The maximum atomic E-state index is 11.1. The summed E-state index contributed by atoms with van der Waals surface area (Å²) in [5.74, 6) is 0.645. The second-order valence-electron chi connectivity index (χ2n) is 3.64. The first kappa shape index (κ1) is 10.3. The predicted molar refractivity (Wildman–Crippen MR) is 52.4 cm³/mol. The molecule has 1 fully saturated rings. The molecule has 4 heteroatoms. The molecule has 13 heavy (non-hydrogen) atoms. The van der Waals surface area contributed by atoms with E-state index in [0.717, 1.165) is 13.0 Å². The van der Waals surface area contributed by atoms with Crippen molar-refractivity contribution in [2.75, 3.05) is 13.1 Å². The quantitative estimate of drug-likeness (QED) is 0.581. The van der Waals surface area contributed by atoms with Gasteiger partial charge in [0, 0.05) is 19.1 Å². The largest absolute Gasteiger partial charge is 0.338 e. The molecule has 76 valence electrons. The van der Waals surface area contributed by atoms with Gasteiger partial charge in [0.2, 0.25) is 0 Å². The minimum Gasteiger partial charge on any atom is -0.338 e. The lowest BCUT2D eigenvalue weighted by Crippen LogP contribution is -2.43. The van der Waals surface area contributed by atoms with E-state index in [1.54, 1.807) is 0 Å². The van der Waals surface area contributed by atoms with Crippen molar-refractivity contribution in [3.8, 4) is 0 Å². The number of hydrogen-bond acceptors (Lipinski definition) is 2. The number of rotatable bonds is 5. The normalized spacial score (nSPS) is 18.0. The van der Waals surface area contributed by atoms with Crippen LogP contribution >= 0.6 is 0 Å². The van der Waals surface area contributed by atoms with Gasteiger partial charge in [0.15, 0.2) is 0 Å². The fraction of sp³-hybridized carbons (Fsp3) is 0.889. The first-order valence-corrected chi connectivity index (χ1v) is 5.01. The zero-order valence-electron chi connectivity index (χ0n) is 8.18. The summed E-state index contributed by atoms with van der Waals surface area (Å²) in [6.45, 7) is 3.35. The fourth-order valence-corrected chi connectivity index (χ4v) is 1.20. The van der Waals surface area contributed by atoms with Crippen molar-refractivity contribution < 1.29 is 4.79 Å². The van der Waals surface area contributed by atoms with Gasteiger partial charge in [0.05, 0.1) is 0 Å². The van der Waals surface area contributed by atoms with Crippen molar-refractivity contribution >= 4 is 6.03 Å². The predicted octanol–water partition coefficient (Wildman–Crippen LogP) is 0.433. The van der Waals surface area contributed by atoms with E-state index in [1.807, 2.05) is 6.92 Å². The maximum Gasteiger partial charge on any atom is 0.314 e. The van der Waals surface area contributed by atoms with Crippen LogP contribution in [0.3, 0.4) is 0 Å². The minimum absolute atomic E-state index is 0.0991. The van der Waals surface area contributed by atoms with E-state index in [-0.39, 0.29) is 12.1 Å². The third-order valence-electron chi connectivity index (χ3n) is 2.26. The molecular formula is C9H19N3O. The van der Waals surface area contributed by atoms with E-state index in [4.69, 9.17) is 5.73 Å². The Morgan fingerprint density at radius 1 is 1.54 bits per heavy atom. The van der Waals surface area contributed by atoms with Gasteiger partial charge < -0.3 is 16.4 Å². The highest BCUT2D eigenvalue weighted by Gasteiger charge is 2.28. The van der Waals surface area contributed by atoms with Gasteiger partial charge >= 0.3 is 6.03 Å². The van der Waals surface area contributed by atoms with Crippen LogP contribution in [-0.4, -0.2) is 25.2 Å². The SMILES string of the molecule is CCCNC(=O)NCC(N)C1CC1. The summed E-state index contributed by atoms with van der Waals surface area (Å²) >= 11 is 0. The number of urea groups is 1. The lowest BCUT2D eigenvalue weighted by Gasteiger charge is -2.11. The molecule has 0 radical (unpaired) electrons. The summed E-state index contributed by atoms with van der Waals surface area (Å²) in [5.41, 5.74) is 5.81. The number of amides is 2. The summed E-state index contributed by atoms with van der Waals surface area (Å²) in [7, 11) is 0. The van der Waals surface area contributed by atoms with Gasteiger partial charge in [0.25, 0.3) is 0 Å². The third kappa shape index (κ3) is 4.12. The molecule has 2 amide bonds. The van der Waals surface area contributed by atoms with E-state index >= 15 is 0 Å². The topological polar surface area (TPSA) is 67.2 Å². The zero-order chi connectivity index (χ0) is 9.68. The van der Waals surface area contributed by atoms with Crippen LogP contribution in [0.1, 0.15) is 26.2 Å². The van der Waals surface area contributed by atoms with Gasteiger partial charge in [-0.05, 0) is 25.2 Å². The zero-order valence-corrected chi connectivity index (χ0v) is 8.18. The Labute approximate surface area is 79.3 Å². The third-order valence-corrected chi connectivity index (χ3v) is 2.26. The molecule has 0 aliphatic heterocycles. The van der Waals surface area contributed by atoms with Crippen LogP contribution in [0.2, 0.25) is 0 Å². The van der Waals surface area contributed by atoms with Crippen LogP contribution in [0, 0.1) is 5.92 Å². The molecule has 1 rings (SSSR count). The standard InChI is InChI=1S/C9H19N3O/c1-2-5-11-9(13)12-6-8(10)7-3-4-7/h7-8H,2-6,10H2,1H3,(H2,11,12,13). The molecule has 1 unspecified atom stereocenters. The summed E-state index contributed by atoms with van der Waals surface area (Å²) in [6, 6.07) is 0.0466. The smallest absolute Gasteiger partial charge is 0.314 e. The molecule has 0 bridgehead atoms. The lowest BCUT2D eigenvalue weighted by atomic mass is 10.2. The van der Waals surface area contributed by atoms with E-state index in [2.05, 4.69) is 10.6 Å². The van der Waals surface area contributed by atoms with Crippen LogP contribution in [0.25, 0.3) is 0 Å². The van der Waals surface area contributed by atoms with E-state index in [9.17, 15) is 4.79 Å². The van der Waals surface area contributed by atoms with Crippen LogP contribution in [0.4, 0.5) is 4.79 Å². The molecule has 0 heterocycles. The molecule has 1 atom stereocenters. The van der Waals surface area contributed by atoms with Crippen LogP contribution in [0.5, 0.6) is 0 Å². The Morgan fingerprint density at radius 2 is 2.23 bits per heavy atom. The first-order valence-electron chi connectivity index (χ1n) is 5.01. The van der Waals surface area contributed by atoms with Gasteiger partial charge in [0.1, 0.15) is 0 Å². The first-order chi connectivity index (χ1) is 6.24. The molecule has 4 N–H and O–H groups in total. The summed E-state index contributed by atoms with van der Waals surface area (Å²) in [4.78, 5) is 11.1. The molecule has 0 aromatic heterocycles. The summed E-state index contributed by atoms with van der Waals surface area (Å²) < 4.78 is 0. The summed E-state index contributed by atoms with van der Waals surface area (Å²) in [5, 5.41) is 5.50. The van der Waals surface area contributed by atoms with E-state index in [1.165, 1.54) is 12.8 Å². The fourth-order valence-electron chi connectivity index (χ4n) is 1.20. The highest BCUT2D eigenvalue weighted by atomic mass is 16.2. The second kappa shape index (κ2) is 5.07. The molecule has 1 aliphatic rings. The van der Waals surface area contributed by atoms with Crippen LogP contribution in [-0.2, 0) is 0 Å². The molecule has 0 aromatic rings.